The minimum Gasteiger partial charge on any atom is -0.293 e. The zero-order chi connectivity index (χ0) is 10.7. The van der Waals surface area contributed by atoms with Crippen LogP contribution in [0.5, 0.6) is 0 Å². The van der Waals surface area contributed by atoms with Gasteiger partial charge in [-0.1, -0.05) is 0 Å². The Morgan fingerprint density at radius 1 is 1.64 bits per heavy atom. The van der Waals surface area contributed by atoms with Crippen molar-refractivity contribution < 1.29 is 4.79 Å². The number of nitriles is 1. The molecule has 1 aromatic carbocycles. The first-order valence-corrected chi connectivity index (χ1v) is 5.51. The van der Waals surface area contributed by atoms with Gasteiger partial charge in [-0.05, 0) is 47.2 Å². The van der Waals surface area contributed by atoms with Crippen LogP contribution in [0.2, 0.25) is 0 Å². The Bertz CT molecular complexity index is 400. The lowest BCUT2D eigenvalue weighted by Crippen LogP contribution is -2.02. The summed E-state index contributed by atoms with van der Waals surface area (Å²) in [5.41, 5.74) is 2.01. The molecule has 0 atom stereocenters. The van der Waals surface area contributed by atoms with Crippen molar-refractivity contribution in [1.82, 2.24) is 0 Å². The first kappa shape index (κ1) is 11.5. The van der Waals surface area contributed by atoms with Gasteiger partial charge in [0, 0.05) is 9.13 Å². The molecule has 0 saturated carbocycles. The predicted octanol–water partition coefficient (Wildman–Crippen LogP) is 2.89. The van der Waals surface area contributed by atoms with Crippen LogP contribution in [0.15, 0.2) is 12.1 Å². The van der Waals surface area contributed by atoms with Gasteiger partial charge in [0.1, 0.15) is 6.07 Å². The van der Waals surface area contributed by atoms with E-state index in [-0.39, 0.29) is 11.7 Å². The molecule has 72 valence electrons. The second-order valence-electron chi connectivity index (χ2n) is 2.82. The molecule has 0 unspecified atom stereocenters. The third-order valence-electron chi connectivity index (χ3n) is 1.84. The van der Waals surface area contributed by atoms with E-state index in [1.165, 1.54) is 0 Å². The predicted molar refractivity (Wildman–Crippen MR) is 63.7 cm³/mol. The fourth-order valence-electron chi connectivity index (χ4n) is 1.12. The zero-order valence-electron chi connectivity index (χ0n) is 7.47. The Morgan fingerprint density at radius 2 is 2.29 bits per heavy atom. The van der Waals surface area contributed by atoms with Gasteiger partial charge in [0.2, 0.25) is 0 Å². The number of carbonyl (C=O) groups excluding carboxylic acids is 1. The van der Waals surface area contributed by atoms with Crippen molar-refractivity contribution in [1.29, 1.82) is 5.26 Å². The highest BCUT2D eigenvalue weighted by atomic mass is 127. The Kier molecular flexibility index (Phi) is 3.90. The fourth-order valence-corrected chi connectivity index (χ4v) is 2.16. The van der Waals surface area contributed by atoms with E-state index < -0.39 is 0 Å². The average molecular weight is 320 g/mol. The van der Waals surface area contributed by atoms with Crippen LogP contribution in [0.1, 0.15) is 21.5 Å². The number of carbonyl (C=O) groups is 1. The van der Waals surface area contributed by atoms with E-state index in [1.807, 2.05) is 29.5 Å². The average Bonchev–Trinajstić information content (AvgIpc) is 2.16. The Morgan fingerprint density at radius 3 is 2.71 bits per heavy atom. The van der Waals surface area contributed by atoms with Crippen molar-refractivity contribution in [3.05, 3.63) is 32.4 Å². The van der Waals surface area contributed by atoms with Gasteiger partial charge in [-0.25, -0.2) is 0 Å². The maximum absolute atomic E-state index is 11.3. The summed E-state index contributed by atoms with van der Waals surface area (Å²) >= 11 is 7.49. The first-order chi connectivity index (χ1) is 6.60. The molecule has 2 nitrogen and oxygen atoms in total. The highest BCUT2D eigenvalue weighted by molar-refractivity contribution is 14.1. The second kappa shape index (κ2) is 4.76. The molecule has 0 N–H and O–H groups in total. The molecule has 4 heteroatoms. The molecule has 0 heterocycles. The molecule has 0 aliphatic heterocycles. The van der Waals surface area contributed by atoms with Crippen molar-refractivity contribution in [2.24, 2.45) is 0 Å². The summed E-state index contributed by atoms with van der Waals surface area (Å²) in [6, 6.07) is 5.49. The number of Topliss-reactive ketones (excluding diaryl/α,β-unsaturated/α-hetero) is 1. The van der Waals surface area contributed by atoms with Gasteiger partial charge in [0.05, 0.1) is 11.4 Å². The van der Waals surface area contributed by atoms with Gasteiger partial charge in [-0.3, -0.25) is 4.79 Å². The van der Waals surface area contributed by atoms with Crippen LogP contribution >= 0.6 is 34.2 Å². The van der Waals surface area contributed by atoms with Crippen LogP contribution in [-0.2, 0) is 0 Å². The van der Waals surface area contributed by atoms with Crippen LogP contribution in [0.3, 0.4) is 0 Å². The Balaban J connectivity index is 3.29. The van der Waals surface area contributed by atoms with Crippen LogP contribution < -0.4 is 0 Å². The highest BCUT2D eigenvalue weighted by Gasteiger charge is 2.10. The van der Waals surface area contributed by atoms with Gasteiger partial charge in [0.25, 0.3) is 0 Å². The number of aryl methyl sites for hydroxylation is 1. The van der Waals surface area contributed by atoms with Crippen molar-refractivity contribution in [2.45, 2.75) is 6.92 Å². The van der Waals surface area contributed by atoms with Gasteiger partial charge < -0.3 is 0 Å². The number of hydrogen-bond acceptors (Lipinski definition) is 2. The van der Waals surface area contributed by atoms with E-state index in [9.17, 15) is 4.79 Å². The zero-order valence-corrected chi connectivity index (χ0v) is 10.4. The lowest BCUT2D eigenvalue weighted by molar-refractivity contribution is 0.102. The van der Waals surface area contributed by atoms with E-state index in [4.69, 9.17) is 16.9 Å². The Labute approximate surface area is 101 Å². The normalized spacial score (nSPS) is 9.57. The number of ketones is 1. The molecule has 0 amide bonds. The number of hydrogen-bond donors (Lipinski definition) is 0. The number of benzene rings is 1. The summed E-state index contributed by atoms with van der Waals surface area (Å²) in [7, 11) is 0. The monoisotopic (exact) mass is 319 g/mol. The minimum absolute atomic E-state index is 0.0264. The van der Waals surface area contributed by atoms with Crippen LogP contribution in [-0.4, -0.2) is 11.7 Å². The third-order valence-corrected chi connectivity index (χ3v) is 2.94. The van der Waals surface area contributed by atoms with E-state index in [0.717, 1.165) is 9.13 Å². The number of halogens is 2. The summed E-state index contributed by atoms with van der Waals surface area (Å²) < 4.78 is 0.790. The van der Waals surface area contributed by atoms with Crippen molar-refractivity contribution in [3.63, 3.8) is 0 Å². The van der Waals surface area contributed by atoms with Crippen molar-refractivity contribution in [2.75, 3.05) is 5.88 Å². The smallest absolute Gasteiger partial charge is 0.177 e. The molecule has 14 heavy (non-hydrogen) atoms. The molecule has 0 spiro atoms. The van der Waals surface area contributed by atoms with Crippen LogP contribution in [0.4, 0.5) is 0 Å². The summed E-state index contributed by atoms with van der Waals surface area (Å²) in [5, 5.41) is 8.82. The molecule has 0 radical (unpaired) electrons. The molecule has 0 aliphatic carbocycles. The molecule has 1 aromatic rings. The number of rotatable bonds is 2. The molecule has 0 bridgehead atoms. The van der Waals surface area contributed by atoms with E-state index >= 15 is 0 Å². The highest BCUT2D eigenvalue weighted by Crippen LogP contribution is 2.18. The van der Waals surface area contributed by atoms with Gasteiger partial charge >= 0.3 is 0 Å². The summed E-state index contributed by atoms with van der Waals surface area (Å²) in [6.45, 7) is 1.81. The van der Waals surface area contributed by atoms with Crippen LogP contribution in [0, 0.1) is 21.8 Å². The maximum Gasteiger partial charge on any atom is 0.177 e. The molecule has 1 rings (SSSR count). The van der Waals surface area contributed by atoms with Gasteiger partial charge in [-0.2, -0.15) is 5.26 Å². The molecule has 0 aromatic heterocycles. The van der Waals surface area contributed by atoms with E-state index in [2.05, 4.69) is 6.07 Å². The van der Waals surface area contributed by atoms with Crippen LogP contribution in [0.25, 0.3) is 0 Å². The van der Waals surface area contributed by atoms with Crippen molar-refractivity contribution in [3.8, 4) is 6.07 Å². The minimum atomic E-state index is -0.114. The molecule has 0 saturated heterocycles. The Hall–Kier alpha value is -0.600. The standard InChI is InChI=1S/C10H7ClINO/c1-6-2-7(10(14)4-11)3-9(12)8(6)5-13/h2-3H,4H2,1H3. The summed E-state index contributed by atoms with van der Waals surface area (Å²) in [5.74, 6) is -0.140. The van der Waals surface area contributed by atoms with Crippen molar-refractivity contribution >= 4 is 40.0 Å². The largest absolute Gasteiger partial charge is 0.293 e. The lowest BCUT2D eigenvalue weighted by atomic mass is 10.0. The fraction of sp³-hybridized carbons (Fsp3) is 0.200. The first-order valence-electron chi connectivity index (χ1n) is 3.89. The van der Waals surface area contributed by atoms with E-state index in [0.29, 0.717) is 11.1 Å². The maximum atomic E-state index is 11.3. The summed E-state index contributed by atoms with van der Waals surface area (Å²) in [4.78, 5) is 11.3. The van der Waals surface area contributed by atoms with E-state index in [1.54, 1.807) is 12.1 Å². The second-order valence-corrected chi connectivity index (χ2v) is 4.25. The molecular weight excluding hydrogens is 312 g/mol. The quantitative estimate of drug-likeness (QED) is 0.478. The molecule has 0 fully saturated rings. The summed E-state index contributed by atoms with van der Waals surface area (Å²) in [6.07, 6.45) is 0. The topological polar surface area (TPSA) is 40.9 Å². The number of alkyl halides is 1. The van der Waals surface area contributed by atoms with Gasteiger partial charge in [-0.15, -0.1) is 11.6 Å². The molecule has 0 aliphatic rings. The SMILES string of the molecule is Cc1cc(C(=O)CCl)cc(I)c1C#N. The lowest BCUT2D eigenvalue weighted by Gasteiger charge is -2.03. The van der Waals surface area contributed by atoms with Gasteiger partial charge in [0.15, 0.2) is 5.78 Å². The molecular formula is C10H7ClINO. The third kappa shape index (κ3) is 2.25. The number of nitrogens with zero attached hydrogens (tertiary/aromatic N) is 1.